The number of rotatable bonds is 26. The number of benzene rings is 2. The fourth-order valence-electron chi connectivity index (χ4n) is 12.3. The Morgan fingerprint density at radius 1 is 0.527 bits per heavy atom. The van der Waals surface area contributed by atoms with Crippen LogP contribution < -0.4 is 76.1 Å². The molecule has 12 atom stereocenters. The number of cyclic esters (lactones) is 1. The fraction of sp³-hybridized carbons (Fsp3) is 0.589. The number of aromatic nitrogens is 1. The summed E-state index contributed by atoms with van der Waals surface area (Å²) in [4.78, 5) is 230. The molecule has 1 aromatic heterocycles. The topological polar surface area (TPSA) is 590 Å². The Balaban J connectivity index is 1.91. The lowest BCUT2D eigenvalue weighted by molar-refractivity contribution is -0.162. The first-order valence-corrected chi connectivity index (χ1v) is 36.7. The summed E-state index contributed by atoms with van der Waals surface area (Å²) in [5.74, 6) is -18.7. The summed E-state index contributed by atoms with van der Waals surface area (Å²) in [6, 6.07) is -3.47. The summed E-state index contributed by atoms with van der Waals surface area (Å²) in [7, 11) is 2.48. The maximum absolute atomic E-state index is 15.1. The van der Waals surface area contributed by atoms with Crippen molar-refractivity contribution in [3.8, 4) is 0 Å². The van der Waals surface area contributed by atoms with Crippen molar-refractivity contribution in [3.05, 3.63) is 71.9 Å². The summed E-state index contributed by atoms with van der Waals surface area (Å²) in [5, 5.41) is 55.7. The first-order valence-electron chi connectivity index (χ1n) is 36.7. The number of fused-ring (bicyclic) bond motifs is 1. The number of nitrogens with two attached hydrogens (primary N) is 4. The number of carbonyl (C=O) groups is 16. The highest BCUT2D eigenvalue weighted by Crippen LogP contribution is 2.23. The van der Waals surface area contributed by atoms with Crippen molar-refractivity contribution >= 4 is 106 Å². The number of nitrogens with one attached hydrogen (secondary N) is 11. The van der Waals surface area contributed by atoms with Crippen LogP contribution in [0.5, 0.6) is 0 Å². The van der Waals surface area contributed by atoms with E-state index in [-0.39, 0.29) is 76.3 Å². The van der Waals surface area contributed by atoms with Gasteiger partial charge in [0, 0.05) is 50.5 Å². The molecule has 4 rings (SSSR count). The Labute approximate surface area is 637 Å². The third-order valence-corrected chi connectivity index (χ3v) is 18.2. The largest absolute Gasteiger partial charge is 0.481 e. The Hall–Kier alpha value is -10.7. The molecule has 0 unspecified atom stereocenters. The van der Waals surface area contributed by atoms with Crippen LogP contribution in [-0.2, 0) is 94.3 Å². The van der Waals surface area contributed by atoms with Gasteiger partial charge in [0.1, 0.15) is 72.6 Å². The van der Waals surface area contributed by atoms with Gasteiger partial charge in [-0.3, -0.25) is 71.9 Å². The summed E-state index contributed by atoms with van der Waals surface area (Å²) >= 11 is 0. The van der Waals surface area contributed by atoms with Gasteiger partial charge in [-0.25, -0.2) is 4.79 Å². The normalized spacial score (nSPS) is 24.0. The standard InChI is InChI=1S/C73H111N17O20/c1-39(2)17-14-20-44-32-59(95)80-55(38-92)70(106)86-53(34-58(77)94)69(105)88-54(37-91)63(99)79-36-60(96)89(7)56(30-42-18-10-9-11-19-42)71(107)87-50(29-40(3)4)66(102)81-47(23-15-27-74)64(100)82-48(25-26-61(97)98)65(101)85-52(33-57(76)93)68(104)84-51(31-43-35-78-46-22-13-12-21-45(43)46)67(103)83-49(24-16-28-75)72(108)90(8)62(41(5)6)73(109)110-44/h9-13,18-19,21-22,35,39-41,44,47-56,62,78,91-92H,14-17,20,23-34,36-38,74-75H2,1-8H3,(H2,76,93)(H2,77,94)(H,79,99)(H,80,95)(H,81,102)(H,82,100)(H,83,103)(H,84,104)(H,85,101)(H,86,106)(H,87,107)(H,88,105)(H,97,98)/t44-,47-,48+,49-,50+,51-,52-,53-,54+,55+,56-,62+/m1/s1. The highest BCUT2D eigenvalue weighted by atomic mass is 16.5. The van der Waals surface area contributed by atoms with Crippen LogP contribution in [0.4, 0.5) is 0 Å². The number of para-hydroxylation sites is 1. The Morgan fingerprint density at radius 2 is 1.01 bits per heavy atom. The van der Waals surface area contributed by atoms with E-state index in [1.807, 2.05) is 13.8 Å². The second-order valence-electron chi connectivity index (χ2n) is 28.5. The van der Waals surface area contributed by atoms with E-state index in [2.05, 4.69) is 58.2 Å². The molecule has 37 nitrogen and oxygen atoms in total. The molecule has 1 fully saturated rings. The number of carbonyl (C=O) groups excluding carboxylic acids is 15. The van der Waals surface area contributed by atoms with Crippen molar-refractivity contribution < 1.29 is 96.8 Å². The molecule has 0 radical (unpaired) electrons. The van der Waals surface area contributed by atoms with Crippen LogP contribution in [0.15, 0.2) is 60.8 Å². The number of aliphatic carboxylic acids is 1. The minimum Gasteiger partial charge on any atom is -0.481 e. The van der Waals surface area contributed by atoms with E-state index in [0.29, 0.717) is 34.9 Å². The van der Waals surface area contributed by atoms with Gasteiger partial charge in [0.15, 0.2) is 0 Å². The molecule has 14 amide bonds. The van der Waals surface area contributed by atoms with E-state index in [1.165, 1.54) is 14.1 Å². The zero-order chi connectivity index (χ0) is 82.1. The molecule has 0 spiro atoms. The number of hydrogen-bond acceptors (Lipinski definition) is 21. The van der Waals surface area contributed by atoms with Crippen molar-refractivity contribution in [1.29, 1.82) is 0 Å². The SMILES string of the molecule is CC(C)CCC[C@@H]1CC(=O)N[C@@H](CO)C(=O)N[C@H](CC(N)=O)C(=O)N[C@@H](CO)C(=O)NCC(=O)N(C)[C@H](Cc2ccccc2)C(=O)N[C@@H](CC(C)C)C(=O)N[C@H](CCCN)C(=O)N[C@@H](CCC(=O)O)C(=O)N[C@H](CC(N)=O)C(=O)N[C@H](Cc2c[nH]c3ccccc23)C(=O)N[C@H](CCCN)C(=O)N(C)[C@@H](C(C)C)C(=O)O1. The molecule has 1 aliphatic rings. The molecule has 608 valence electrons. The Kier molecular flexibility index (Phi) is 38.3. The number of carboxylic acids is 1. The highest BCUT2D eigenvalue weighted by molar-refractivity contribution is 6.01. The first-order chi connectivity index (χ1) is 52.0. The van der Waals surface area contributed by atoms with Gasteiger partial charge in [0.25, 0.3) is 0 Å². The number of H-pyrrole nitrogens is 1. The van der Waals surface area contributed by atoms with Gasteiger partial charge in [-0.1, -0.05) is 96.5 Å². The minimum absolute atomic E-state index is 0.00899. The van der Waals surface area contributed by atoms with E-state index in [1.54, 1.807) is 88.5 Å². The number of ether oxygens (including phenoxy) is 1. The van der Waals surface area contributed by atoms with Gasteiger partial charge < -0.3 is 111 Å². The molecule has 22 N–H and O–H groups in total. The van der Waals surface area contributed by atoms with Crippen LogP contribution >= 0.6 is 0 Å². The third-order valence-electron chi connectivity index (χ3n) is 18.2. The van der Waals surface area contributed by atoms with Crippen LogP contribution in [0.3, 0.4) is 0 Å². The van der Waals surface area contributed by atoms with E-state index in [9.17, 15) is 87.2 Å². The molecule has 0 aliphatic carbocycles. The van der Waals surface area contributed by atoms with Gasteiger partial charge in [-0.2, -0.15) is 0 Å². The van der Waals surface area contributed by atoms with Crippen molar-refractivity contribution in [1.82, 2.24) is 68.0 Å². The number of nitrogens with zero attached hydrogens (tertiary/aromatic N) is 2. The average Bonchev–Trinajstić information content (AvgIpc) is 1.55. The number of primary amides is 2. The molecule has 0 bridgehead atoms. The van der Waals surface area contributed by atoms with E-state index in [0.717, 1.165) is 9.80 Å². The van der Waals surface area contributed by atoms with Crippen LogP contribution in [0.1, 0.15) is 136 Å². The maximum atomic E-state index is 15.1. The number of aromatic amines is 1. The quantitative estimate of drug-likeness (QED) is 0.0341. The van der Waals surface area contributed by atoms with E-state index in [4.69, 9.17) is 27.7 Å². The zero-order valence-electron chi connectivity index (χ0n) is 63.6. The van der Waals surface area contributed by atoms with Crippen LogP contribution in [0.2, 0.25) is 0 Å². The summed E-state index contributed by atoms with van der Waals surface area (Å²) < 4.78 is 6.03. The lowest BCUT2D eigenvalue weighted by Gasteiger charge is -2.34. The Morgan fingerprint density at radius 3 is 1.55 bits per heavy atom. The molecule has 110 heavy (non-hydrogen) atoms. The minimum atomic E-state index is -1.96. The van der Waals surface area contributed by atoms with Crippen LogP contribution in [0.25, 0.3) is 10.9 Å². The molecule has 3 aromatic rings. The fourth-order valence-corrected chi connectivity index (χ4v) is 12.3. The monoisotopic (exact) mass is 1550 g/mol. The lowest BCUT2D eigenvalue weighted by atomic mass is 9.99. The van der Waals surface area contributed by atoms with Crippen molar-refractivity contribution in [2.75, 3.05) is 46.9 Å². The molecular weight excluding hydrogens is 1430 g/mol. The van der Waals surface area contributed by atoms with Gasteiger partial charge in [-0.15, -0.1) is 0 Å². The lowest BCUT2D eigenvalue weighted by Crippen LogP contribution is -2.61. The number of likely N-dealkylation sites (N-methyl/N-ethyl adjacent to an activating group) is 2. The van der Waals surface area contributed by atoms with E-state index < -0.39 is 225 Å². The van der Waals surface area contributed by atoms with Gasteiger partial charge in [-0.05, 0) is 99.4 Å². The van der Waals surface area contributed by atoms with E-state index >= 15 is 4.79 Å². The molecule has 37 heteroatoms. The van der Waals surface area contributed by atoms with Crippen molar-refractivity contribution in [2.24, 2.45) is 40.7 Å². The summed E-state index contributed by atoms with van der Waals surface area (Å²) in [6.07, 6.45) is -3.51. The Bertz CT molecular complexity index is 3670. The van der Waals surface area contributed by atoms with Crippen LogP contribution in [0, 0.1) is 17.8 Å². The predicted octanol–water partition coefficient (Wildman–Crippen LogP) is -3.99. The maximum Gasteiger partial charge on any atom is 0.329 e. The highest BCUT2D eigenvalue weighted by Gasteiger charge is 2.41. The predicted molar refractivity (Wildman–Crippen MR) is 398 cm³/mol. The first kappa shape index (κ1) is 91.7. The van der Waals surface area contributed by atoms with Gasteiger partial charge in [0.2, 0.25) is 82.7 Å². The number of hydrogen-bond donors (Lipinski definition) is 18. The number of amides is 14. The summed E-state index contributed by atoms with van der Waals surface area (Å²) in [6.45, 7) is 7.25. The van der Waals surface area contributed by atoms with Crippen molar-refractivity contribution in [2.45, 2.75) is 210 Å². The number of aliphatic hydroxyl groups is 2. The smallest absolute Gasteiger partial charge is 0.329 e. The second kappa shape index (κ2) is 46.0. The third kappa shape index (κ3) is 30.1. The molecule has 1 saturated heterocycles. The number of carboxylic acid groups (broad SMARTS) is 1. The molecule has 0 saturated carbocycles. The van der Waals surface area contributed by atoms with Gasteiger partial charge >= 0.3 is 11.9 Å². The summed E-state index contributed by atoms with van der Waals surface area (Å²) in [5.41, 5.74) is 24.6. The molecule has 1 aliphatic heterocycles. The molecular formula is C73H111N17O20. The zero-order valence-corrected chi connectivity index (χ0v) is 63.6. The number of aliphatic hydroxyl groups excluding tert-OH is 2. The average molecular weight is 1550 g/mol. The van der Waals surface area contributed by atoms with Crippen LogP contribution in [-0.4, -0.2) is 244 Å². The number of esters is 1. The van der Waals surface area contributed by atoms with Crippen molar-refractivity contribution in [3.63, 3.8) is 0 Å². The molecule has 2 heterocycles. The second-order valence-corrected chi connectivity index (χ2v) is 28.5. The molecule has 2 aromatic carbocycles. The van der Waals surface area contributed by atoms with Gasteiger partial charge in [0.05, 0.1) is 39.0 Å².